The van der Waals surface area contributed by atoms with Crippen molar-refractivity contribution < 1.29 is 13.6 Å². The highest BCUT2D eigenvalue weighted by Crippen LogP contribution is 2.27. The van der Waals surface area contributed by atoms with Gasteiger partial charge in [0, 0.05) is 6.07 Å². The quantitative estimate of drug-likeness (QED) is 0.317. The molecule has 1 heterocycles. The van der Waals surface area contributed by atoms with Crippen LogP contribution in [0.25, 0.3) is 16.6 Å². The molecule has 4 rings (SSSR count). The van der Waals surface area contributed by atoms with Crippen LogP contribution < -0.4 is 10.9 Å². The molecule has 5 nitrogen and oxygen atoms in total. The van der Waals surface area contributed by atoms with Crippen LogP contribution in [0.1, 0.15) is 18.1 Å². The Morgan fingerprint density at radius 2 is 1.79 bits per heavy atom. The van der Waals surface area contributed by atoms with Crippen molar-refractivity contribution in [2.24, 2.45) is 0 Å². The zero-order valence-corrected chi connectivity index (χ0v) is 19.0. The lowest BCUT2D eigenvalue weighted by Gasteiger charge is -2.17. The average Bonchev–Trinajstić information content (AvgIpc) is 2.78. The Balaban J connectivity index is 1.73. The van der Waals surface area contributed by atoms with Crippen molar-refractivity contribution in [2.75, 3.05) is 5.32 Å². The SMILES string of the molecule is Cc1ccc(-n2c(SC(C)C(=O)Nc3ccc(F)cc3F)nc3ccccc3c2=O)cc1C. The van der Waals surface area contributed by atoms with E-state index in [4.69, 9.17) is 0 Å². The van der Waals surface area contributed by atoms with E-state index >= 15 is 0 Å². The van der Waals surface area contributed by atoms with Gasteiger partial charge in [0.25, 0.3) is 5.56 Å². The zero-order chi connectivity index (χ0) is 23.7. The summed E-state index contributed by atoms with van der Waals surface area (Å²) in [7, 11) is 0. The molecule has 1 aromatic heterocycles. The Hall–Kier alpha value is -3.52. The summed E-state index contributed by atoms with van der Waals surface area (Å²) < 4.78 is 28.6. The topological polar surface area (TPSA) is 64.0 Å². The number of para-hydroxylation sites is 1. The monoisotopic (exact) mass is 465 g/mol. The molecule has 0 fully saturated rings. The first kappa shape index (κ1) is 22.7. The largest absolute Gasteiger partial charge is 0.323 e. The fourth-order valence-corrected chi connectivity index (χ4v) is 4.25. The summed E-state index contributed by atoms with van der Waals surface area (Å²) >= 11 is 1.08. The number of anilines is 1. The fourth-order valence-electron chi connectivity index (χ4n) is 3.32. The second-order valence-electron chi connectivity index (χ2n) is 7.69. The van der Waals surface area contributed by atoms with Gasteiger partial charge in [0.1, 0.15) is 11.6 Å². The zero-order valence-electron chi connectivity index (χ0n) is 18.2. The summed E-state index contributed by atoms with van der Waals surface area (Å²) in [5.74, 6) is -2.10. The van der Waals surface area contributed by atoms with Crippen molar-refractivity contribution in [3.8, 4) is 5.69 Å². The highest BCUT2D eigenvalue weighted by molar-refractivity contribution is 8.00. The van der Waals surface area contributed by atoms with Crippen molar-refractivity contribution >= 4 is 34.3 Å². The molecule has 33 heavy (non-hydrogen) atoms. The first-order valence-corrected chi connectivity index (χ1v) is 11.1. The molecule has 0 saturated heterocycles. The van der Waals surface area contributed by atoms with E-state index in [0.717, 1.165) is 29.0 Å². The molecule has 1 amide bonds. The summed E-state index contributed by atoms with van der Waals surface area (Å²) in [5.41, 5.74) is 2.89. The number of nitrogens with zero attached hydrogens (tertiary/aromatic N) is 2. The molecule has 1 N–H and O–H groups in total. The number of carbonyl (C=O) groups excluding carboxylic acids is 1. The smallest absolute Gasteiger partial charge is 0.266 e. The van der Waals surface area contributed by atoms with E-state index in [1.165, 1.54) is 10.6 Å². The number of fused-ring (bicyclic) bond motifs is 1. The molecular weight excluding hydrogens is 444 g/mol. The third kappa shape index (κ3) is 4.66. The molecule has 0 saturated carbocycles. The molecule has 0 bridgehead atoms. The van der Waals surface area contributed by atoms with Crippen molar-refractivity contribution in [1.82, 2.24) is 9.55 Å². The maximum absolute atomic E-state index is 14.0. The van der Waals surface area contributed by atoms with Crippen LogP contribution >= 0.6 is 11.8 Å². The second kappa shape index (κ2) is 9.15. The Morgan fingerprint density at radius 1 is 1.03 bits per heavy atom. The molecular formula is C25H21F2N3O2S. The molecule has 0 aliphatic carbocycles. The molecule has 8 heteroatoms. The van der Waals surface area contributed by atoms with Gasteiger partial charge >= 0.3 is 0 Å². The Bertz CT molecular complexity index is 1440. The number of hydrogen-bond acceptors (Lipinski definition) is 4. The Kier molecular flexibility index (Phi) is 6.29. The minimum atomic E-state index is -0.864. The van der Waals surface area contributed by atoms with Gasteiger partial charge < -0.3 is 5.32 Å². The Labute approximate surface area is 193 Å². The highest BCUT2D eigenvalue weighted by atomic mass is 32.2. The maximum Gasteiger partial charge on any atom is 0.266 e. The number of rotatable bonds is 5. The van der Waals surface area contributed by atoms with Crippen molar-refractivity contribution in [3.63, 3.8) is 0 Å². The van der Waals surface area contributed by atoms with Crippen molar-refractivity contribution in [3.05, 3.63) is 93.8 Å². The number of carbonyl (C=O) groups is 1. The van der Waals surface area contributed by atoms with Crippen LogP contribution in [0.5, 0.6) is 0 Å². The molecule has 3 aromatic carbocycles. The lowest BCUT2D eigenvalue weighted by atomic mass is 10.1. The van der Waals surface area contributed by atoms with E-state index in [-0.39, 0.29) is 11.2 Å². The molecule has 0 spiro atoms. The van der Waals surface area contributed by atoms with Crippen LogP contribution in [0.4, 0.5) is 14.5 Å². The molecule has 1 atom stereocenters. The van der Waals surface area contributed by atoms with Crippen LogP contribution in [0.3, 0.4) is 0 Å². The van der Waals surface area contributed by atoms with E-state index in [0.29, 0.717) is 27.8 Å². The van der Waals surface area contributed by atoms with Gasteiger partial charge in [-0.15, -0.1) is 0 Å². The van der Waals surface area contributed by atoms with Crippen LogP contribution in [0.2, 0.25) is 0 Å². The van der Waals surface area contributed by atoms with Gasteiger partial charge in [-0.05, 0) is 68.3 Å². The predicted octanol–water partition coefficient (Wildman–Crippen LogP) is 5.40. The van der Waals surface area contributed by atoms with Crippen LogP contribution in [0, 0.1) is 25.5 Å². The van der Waals surface area contributed by atoms with Gasteiger partial charge in [0.15, 0.2) is 5.16 Å². The van der Waals surface area contributed by atoms with Gasteiger partial charge in [-0.2, -0.15) is 0 Å². The first-order chi connectivity index (χ1) is 15.7. The summed E-state index contributed by atoms with van der Waals surface area (Å²) in [4.78, 5) is 30.8. The summed E-state index contributed by atoms with van der Waals surface area (Å²) in [6, 6.07) is 15.6. The van der Waals surface area contributed by atoms with Crippen molar-refractivity contribution in [2.45, 2.75) is 31.2 Å². The number of amides is 1. The third-order valence-corrected chi connectivity index (χ3v) is 6.39. The molecule has 168 valence electrons. The van der Waals surface area contributed by atoms with E-state index in [9.17, 15) is 18.4 Å². The number of halogens is 2. The van der Waals surface area contributed by atoms with Crippen LogP contribution in [-0.2, 0) is 4.79 Å². The van der Waals surface area contributed by atoms with Crippen LogP contribution in [-0.4, -0.2) is 20.7 Å². The van der Waals surface area contributed by atoms with E-state index in [1.807, 2.05) is 32.0 Å². The number of aryl methyl sites for hydroxylation is 2. The third-order valence-electron chi connectivity index (χ3n) is 5.33. The molecule has 4 aromatic rings. The fraction of sp³-hybridized carbons (Fsp3) is 0.160. The Morgan fingerprint density at radius 3 is 2.52 bits per heavy atom. The van der Waals surface area contributed by atoms with Crippen molar-refractivity contribution in [1.29, 1.82) is 0 Å². The molecule has 0 aliphatic rings. The van der Waals surface area contributed by atoms with E-state index < -0.39 is 22.8 Å². The number of aromatic nitrogens is 2. The predicted molar refractivity (Wildman–Crippen MR) is 127 cm³/mol. The highest BCUT2D eigenvalue weighted by Gasteiger charge is 2.21. The van der Waals surface area contributed by atoms with Gasteiger partial charge in [-0.1, -0.05) is 30.0 Å². The van der Waals surface area contributed by atoms with Gasteiger partial charge in [0.2, 0.25) is 5.91 Å². The average molecular weight is 466 g/mol. The minimum absolute atomic E-state index is 0.119. The van der Waals surface area contributed by atoms with E-state index in [2.05, 4.69) is 10.3 Å². The first-order valence-electron chi connectivity index (χ1n) is 10.3. The lowest BCUT2D eigenvalue weighted by Crippen LogP contribution is -2.26. The normalized spacial score (nSPS) is 12.0. The summed E-state index contributed by atoms with van der Waals surface area (Å²) in [6.45, 7) is 5.57. The molecule has 1 unspecified atom stereocenters. The van der Waals surface area contributed by atoms with E-state index in [1.54, 1.807) is 31.2 Å². The maximum atomic E-state index is 14.0. The number of nitrogens with one attached hydrogen (secondary N) is 1. The number of thioether (sulfide) groups is 1. The molecule has 0 aliphatic heterocycles. The summed E-state index contributed by atoms with van der Waals surface area (Å²) in [5, 5.41) is 2.55. The van der Waals surface area contributed by atoms with Gasteiger partial charge in [-0.3, -0.25) is 14.2 Å². The van der Waals surface area contributed by atoms with Gasteiger partial charge in [0.05, 0.1) is 27.5 Å². The summed E-state index contributed by atoms with van der Waals surface area (Å²) in [6.07, 6.45) is 0. The molecule has 0 radical (unpaired) electrons. The van der Waals surface area contributed by atoms with Crippen LogP contribution in [0.15, 0.2) is 70.6 Å². The standard InChI is InChI=1S/C25H21F2N3O2S/c1-14-8-10-18(12-15(14)2)30-24(32)19-6-4-5-7-21(19)29-25(30)33-16(3)23(31)28-22-11-9-17(26)13-20(22)27/h4-13,16H,1-3H3,(H,28,31). The lowest BCUT2D eigenvalue weighted by molar-refractivity contribution is -0.115. The minimum Gasteiger partial charge on any atom is -0.323 e. The second-order valence-corrected chi connectivity index (χ2v) is 9.00. The number of hydrogen-bond donors (Lipinski definition) is 1. The number of benzene rings is 3. The van der Waals surface area contributed by atoms with Gasteiger partial charge in [-0.25, -0.2) is 13.8 Å².